The van der Waals surface area contributed by atoms with E-state index in [0.29, 0.717) is 19.6 Å². The standard InChI is InChI=1S/C17H20O3/c1-2-17(18)14-8-10-16(11-9-14)20-13-12-19-15-6-4-3-5-7-15/h3-11,17-18H,2,12-13H2,1H3/t17-/m1/s1. The Kier molecular flexibility index (Phi) is 5.44. The summed E-state index contributed by atoms with van der Waals surface area (Å²) in [6, 6.07) is 17.2. The summed E-state index contributed by atoms with van der Waals surface area (Å²) in [5.74, 6) is 1.63. The molecule has 1 N–H and O–H groups in total. The second kappa shape index (κ2) is 7.56. The molecule has 3 heteroatoms. The van der Waals surface area contributed by atoms with Crippen molar-refractivity contribution in [2.75, 3.05) is 13.2 Å². The molecule has 3 nitrogen and oxygen atoms in total. The van der Waals surface area contributed by atoms with Gasteiger partial charge in [0.15, 0.2) is 0 Å². The molecule has 0 aromatic heterocycles. The van der Waals surface area contributed by atoms with Gasteiger partial charge in [0.1, 0.15) is 24.7 Å². The van der Waals surface area contributed by atoms with Gasteiger partial charge in [-0.2, -0.15) is 0 Å². The molecule has 0 saturated carbocycles. The monoisotopic (exact) mass is 272 g/mol. The summed E-state index contributed by atoms with van der Waals surface area (Å²) in [5, 5.41) is 9.70. The predicted octanol–water partition coefficient (Wildman–Crippen LogP) is 3.59. The van der Waals surface area contributed by atoms with Crippen molar-refractivity contribution in [1.82, 2.24) is 0 Å². The van der Waals surface area contributed by atoms with Gasteiger partial charge in [0.05, 0.1) is 6.10 Å². The molecule has 0 heterocycles. The van der Waals surface area contributed by atoms with E-state index < -0.39 is 6.10 Å². The van der Waals surface area contributed by atoms with Crippen LogP contribution in [0.25, 0.3) is 0 Å². The Morgan fingerprint density at radius 2 is 1.40 bits per heavy atom. The molecule has 106 valence electrons. The molecular weight excluding hydrogens is 252 g/mol. The van der Waals surface area contributed by atoms with Crippen molar-refractivity contribution in [3.63, 3.8) is 0 Å². The minimum atomic E-state index is -0.398. The smallest absolute Gasteiger partial charge is 0.122 e. The summed E-state index contributed by atoms with van der Waals surface area (Å²) in [6.45, 7) is 2.95. The topological polar surface area (TPSA) is 38.7 Å². The fourth-order valence-electron chi connectivity index (χ4n) is 1.86. The third-order valence-electron chi connectivity index (χ3n) is 3.02. The molecule has 0 fully saturated rings. The van der Waals surface area contributed by atoms with Crippen molar-refractivity contribution in [2.24, 2.45) is 0 Å². The first-order valence-electron chi connectivity index (χ1n) is 6.88. The van der Waals surface area contributed by atoms with Crippen LogP contribution in [0.2, 0.25) is 0 Å². The molecule has 0 aliphatic heterocycles. The van der Waals surface area contributed by atoms with Gasteiger partial charge in [-0.15, -0.1) is 0 Å². The van der Waals surface area contributed by atoms with E-state index >= 15 is 0 Å². The van der Waals surface area contributed by atoms with Crippen LogP contribution < -0.4 is 9.47 Å². The van der Waals surface area contributed by atoms with E-state index in [1.54, 1.807) is 0 Å². The van der Waals surface area contributed by atoms with Crippen LogP contribution in [0, 0.1) is 0 Å². The average molecular weight is 272 g/mol. The number of para-hydroxylation sites is 1. The maximum Gasteiger partial charge on any atom is 0.122 e. The van der Waals surface area contributed by atoms with Crippen LogP contribution in [0.5, 0.6) is 11.5 Å². The van der Waals surface area contributed by atoms with Crippen molar-refractivity contribution in [2.45, 2.75) is 19.4 Å². The second-order valence-corrected chi connectivity index (χ2v) is 4.50. The minimum Gasteiger partial charge on any atom is -0.490 e. The number of aliphatic hydroxyl groups excluding tert-OH is 1. The molecule has 0 aliphatic carbocycles. The van der Waals surface area contributed by atoms with Gasteiger partial charge >= 0.3 is 0 Å². The van der Waals surface area contributed by atoms with Crippen LogP contribution in [0.1, 0.15) is 25.0 Å². The zero-order chi connectivity index (χ0) is 14.2. The molecule has 1 atom stereocenters. The molecule has 0 amide bonds. The van der Waals surface area contributed by atoms with Crippen LogP contribution in [-0.4, -0.2) is 18.3 Å². The van der Waals surface area contributed by atoms with E-state index in [0.717, 1.165) is 17.1 Å². The second-order valence-electron chi connectivity index (χ2n) is 4.50. The maximum atomic E-state index is 9.70. The van der Waals surface area contributed by atoms with Gasteiger partial charge in [0.25, 0.3) is 0 Å². The summed E-state index contributed by atoms with van der Waals surface area (Å²) >= 11 is 0. The van der Waals surface area contributed by atoms with Crippen LogP contribution in [-0.2, 0) is 0 Å². The molecule has 0 aliphatic rings. The molecule has 0 unspecified atom stereocenters. The lowest BCUT2D eigenvalue weighted by atomic mass is 10.1. The highest BCUT2D eigenvalue weighted by Gasteiger charge is 2.04. The number of hydrogen-bond acceptors (Lipinski definition) is 3. The van der Waals surface area contributed by atoms with Crippen LogP contribution in [0.3, 0.4) is 0 Å². The fourth-order valence-corrected chi connectivity index (χ4v) is 1.86. The van der Waals surface area contributed by atoms with Crippen LogP contribution in [0.4, 0.5) is 0 Å². The molecular formula is C17H20O3. The Hall–Kier alpha value is -2.00. The first-order chi connectivity index (χ1) is 9.79. The van der Waals surface area contributed by atoms with E-state index in [-0.39, 0.29) is 0 Å². The Labute approximate surface area is 119 Å². The van der Waals surface area contributed by atoms with Crippen molar-refractivity contribution in [3.05, 3.63) is 60.2 Å². The summed E-state index contributed by atoms with van der Waals surface area (Å²) in [7, 11) is 0. The molecule has 0 radical (unpaired) electrons. The van der Waals surface area contributed by atoms with Crippen molar-refractivity contribution >= 4 is 0 Å². The quantitative estimate of drug-likeness (QED) is 0.783. The van der Waals surface area contributed by atoms with E-state index in [4.69, 9.17) is 9.47 Å². The first-order valence-corrected chi connectivity index (χ1v) is 6.88. The van der Waals surface area contributed by atoms with Crippen LogP contribution in [0.15, 0.2) is 54.6 Å². The number of ether oxygens (including phenoxy) is 2. The maximum absolute atomic E-state index is 9.70. The highest BCUT2D eigenvalue weighted by molar-refractivity contribution is 5.28. The van der Waals surface area contributed by atoms with Gasteiger partial charge in [0.2, 0.25) is 0 Å². The van der Waals surface area contributed by atoms with E-state index in [9.17, 15) is 5.11 Å². The Bertz CT molecular complexity index is 493. The van der Waals surface area contributed by atoms with Gasteiger partial charge in [-0.05, 0) is 36.2 Å². The van der Waals surface area contributed by atoms with Crippen molar-refractivity contribution < 1.29 is 14.6 Å². The lowest BCUT2D eigenvalue weighted by Gasteiger charge is -2.10. The van der Waals surface area contributed by atoms with E-state index in [1.807, 2.05) is 61.5 Å². The van der Waals surface area contributed by atoms with Crippen molar-refractivity contribution in [3.8, 4) is 11.5 Å². The first kappa shape index (κ1) is 14.4. The Morgan fingerprint density at radius 3 is 1.95 bits per heavy atom. The molecule has 0 saturated heterocycles. The molecule has 2 aromatic rings. The number of benzene rings is 2. The molecule has 2 rings (SSSR count). The van der Waals surface area contributed by atoms with E-state index in [1.165, 1.54) is 0 Å². The fraction of sp³-hybridized carbons (Fsp3) is 0.294. The van der Waals surface area contributed by atoms with Gasteiger partial charge in [-0.1, -0.05) is 37.3 Å². The molecule has 20 heavy (non-hydrogen) atoms. The van der Waals surface area contributed by atoms with Crippen molar-refractivity contribution in [1.29, 1.82) is 0 Å². The van der Waals surface area contributed by atoms with Gasteiger partial charge < -0.3 is 14.6 Å². The minimum absolute atomic E-state index is 0.398. The van der Waals surface area contributed by atoms with Crippen LogP contribution >= 0.6 is 0 Å². The average Bonchev–Trinajstić information content (AvgIpc) is 2.52. The molecule has 0 bridgehead atoms. The lowest BCUT2D eigenvalue weighted by molar-refractivity contribution is 0.173. The predicted molar refractivity (Wildman–Crippen MR) is 79.1 cm³/mol. The normalized spacial score (nSPS) is 11.9. The lowest BCUT2D eigenvalue weighted by Crippen LogP contribution is -2.09. The largest absolute Gasteiger partial charge is 0.490 e. The summed E-state index contributed by atoms with van der Waals surface area (Å²) in [5.41, 5.74) is 0.917. The van der Waals surface area contributed by atoms with Gasteiger partial charge in [0, 0.05) is 0 Å². The number of hydrogen-bond donors (Lipinski definition) is 1. The zero-order valence-electron chi connectivity index (χ0n) is 11.7. The molecule has 2 aromatic carbocycles. The van der Waals surface area contributed by atoms with Gasteiger partial charge in [-0.25, -0.2) is 0 Å². The van der Waals surface area contributed by atoms with E-state index in [2.05, 4.69) is 0 Å². The Morgan fingerprint density at radius 1 is 0.850 bits per heavy atom. The summed E-state index contributed by atoms with van der Waals surface area (Å²) < 4.78 is 11.1. The number of rotatable bonds is 7. The zero-order valence-corrected chi connectivity index (χ0v) is 11.7. The highest BCUT2D eigenvalue weighted by Crippen LogP contribution is 2.19. The highest BCUT2D eigenvalue weighted by atomic mass is 16.5. The Balaban J connectivity index is 1.74. The number of aliphatic hydroxyl groups is 1. The summed E-state index contributed by atoms with van der Waals surface area (Å²) in [6.07, 6.45) is 0.316. The third kappa shape index (κ3) is 4.28. The molecule has 0 spiro atoms. The SMILES string of the molecule is CC[C@@H](O)c1ccc(OCCOc2ccccc2)cc1. The third-order valence-corrected chi connectivity index (χ3v) is 3.02. The summed E-state index contributed by atoms with van der Waals surface area (Å²) in [4.78, 5) is 0. The van der Waals surface area contributed by atoms with Gasteiger partial charge in [-0.3, -0.25) is 0 Å².